The quantitative estimate of drug-likeness (QED) is 0.328. The predicted molar refractivity (Wildman–Crippen MR) is 149 cm³/mol. The Bertz CT molecular complexity index is 944. The normalized spacial score (nSPS) is 20.3. The molecule has 1 fully saturated rings. The third-order valence-corrected chi connectivity index (χ3v) is 8.32. The van der Waals surface area contributed by atoms with E-state index in [9.17, 15) is 0 Å². The molecular weight excluding hydrogens is 442 g/mol. The van der Waals surface area contributed by atoms with Gasteiger partial charge < -0.3 is 15.1 Å². The number of hydrogen-bond donors (Lipinski definition) is 1. The molecule has 0 radical (unpaired) electrons. The minimum absolute atomic E-state index is 0.495. The number of anilines is 2. The van der Waals surface area contributed by atoms with Crippen LogP contribution in [0.3, 0.4) is 0 Å². The van der Waals surface area contributed by atoms with Crippen LogP contribution in [0.2, 0.25) is 0 Å². The van der Waals surface area contributed by atoms with Crippen molar-refractivity contribution in [2.24, 2.45) is 5.92 Å². The molecule has 3 nitrogen and oxygen atoms in total. The van der Waals surface area contributed by atoms with Gasteiger partial charge in [0.1, 0.15) is 0 Å². The van der Waals surface area contributed by atoms with E-state index in [4.69, 9.17) is 12.2 Å². The second kappa shape index (κ2) is 11.6. The van der Waals surface area contributed by atoms with Crippen molar-refractivity contribution in [1.82, 2.24) is 4.90 Å². The van der Waals surface area contributed by atoms with Crippen molar-refractivity contribution >= 4 is 40.5 Å². The summed E-state index contributed by atoms with van der Waals surface area (Å²) in [5.74, 6) is 0.661. The average molecular weight is 482 g/mol. The van der Waals surface area contributed by atoms with Gasteiger partial charge in [0.05, 0.1) is 0 Å². The molecule has 1 saturated carbocycles. The molecule has 2 aliphatic rings. The summed E-state index contributed by atoms with van der Waals surface area (Å²) in [5, 5.41) is 4.44. The second-order valence-electron chi connectivity index (χ2n) is 9.67. The predicted octanol–water partition coefficient (Wildman–Crippen LogP) is 7.35. The fourth-order valence-corrected chi connectivity index (χ4v) is 6.30. The lowest BCUT2D eigenvalue weighted by Crippen LogP contribution is -2.46. The molecule has 1 aliphatic heterocycles. The third-order valence-electron chi connectivity index (χ3n) is 7.25. The zero-order valence-electron chi connectivity index (χ0n) is 20.5. The molecule has 1 heterocycles. The van der Waals surface area contributed by atoms with Crippen molar-refractivity contribution in [3.63, 3.8) is 0 Å². The highest BCUT2D eigenvalue weighted by atomic mass is 32.2. The van der Waals surface area contributed by atoms with Gasteiger partial charge in [-0.15, -0.1) is 11.8 Å². The summed E-state index contributed by atoms with van der Waals surface area (Å²) in [7, 11) is 0. The molecule has 2 aromatic carbocycles. The van der Waals surface area contributed by atoms with Crippen LogP contribution in [0.25, 0.3) is 0 Å². The van der Waals surface area contributed by atoms with Crippen LogP contribution < -0.4 is 10.2 Å². The highest BCUT2D eigenvalue weighted by molar-refractivity contribution is 7.98. The van der Waals surface area contributed by atoms with Gasteiger partial charge in [0.15, 0.2) is 5.11 Å². The minimum atomic E-state index is 0.495. The molecule has 0 bridgehead atoms. The summed E-state index contributed by atoms with van der Waals surface area (Å²) in [4.78, 5) is 6.31. The zero-order valence-corrected chi connectivity index (χ0v) is 22.1. The van der Waals surface area contributed by atoms with Crippen molar-refractivity contribution in [2.45, 2.75) is 76.3 Å². The van der Waals surface area contributed by atoms with Crippen LogP contribution in [0.1, 0.15) is 63.5 Å². The highest BCUT2D eigenvalue weighted by Crippen LogP contribution is 2.32. The molecule has 0 spiro atoms. The number of hydrogen-bond acceptors (Lipinski definition) is 3. The largest absolute Gasteiger partial charge is 0.371 e. The minimum Gasteiger partial charge on any atom is -0.371 e. The number of thiocarbonyl (C=S) groups is 1. The Morgan fingerprint density at radius 1 is 1.15 bits per heavy atom. The fraction of sp³-hybridized carbons (Fsp3) is 0.536. The molecule has 0 amide bonds. The van der Waals surface area contributed by atoms with E-state index in [2.05, 4.69) is 77.7 Å². The van der Waals surface area contributed by atoms with Gasteiger partial charge in [-0.05, 0) is 91.9 Å². The van der Waals surface area contributed by atoms with Crippen LogP contribution in [-0.2, 0) is 13.0 Å². The van der Waals surface area contributed by atoms with Crippen molar-refractivity contribution in [1.29, 1.82) is 0 Å². The topological polar surface area (TPSA) is 18.5 Å². The first-order chi connectivity index (χ1) is 16.1. The summed E-state index contributed by atoms with van der Waals surface area (Å²) >= 11 is 7.81. The van der Waals surface area contributed by atoms with Gasteiger partial charge in [0.2, 0.25) is 0 Å². The Kier molecular flexibility index (Phi) is 8.59. The van der Waals surface area contributed by atoms with Gasteiger partial charge in [-0.1, -0.05) is 44.9 Å². The molecule has 33 heavy (non-hydrogen) atoms. The number of fused-ring (bicyclic) bond motifs is 1. The van der Waals surface area contributed by atoms with Crippen LogP contribution in [0, 0.1) is 5.92 Å². The molecule has 5 heteroatoms. The second-order valence-corrected chi connectivity index (χ2v) is 10.9. The molecule has 0 saturated heterocycles. The summed E-state index contributed by atoms with van der Waals surface area (Å²) in [6, 6.07) is 16.2. The number of aryl methyl sites for hydroxylation is 1. The van der Waals surface area contributed by atoms with Crippen LogP contribution >= 0.6 is 24.0 Å². The number of rotatable bonds is 7. The van der Waals surface area contributed by atoms with Crippen LogP contribution in [-0.4, -0.2) is 35.4 Å². The number of benzene rings is 2. The van der Waals surface area contributed by atoms with Gasteiger partial charge >= 0.3 is 0 Å². The first-order valence-corrected chi connectivity index (χ1v) is 14.3. The SMILES string of the molecule is CCCN1CCCc2cc(CN(C(=S)Nc3cccc(SC)c3)[C@@H]3CCCC[C@@H]3C)ccc21. The summed E-state index contributed by atoms with van der Waals surface area (Å²) in [5.41, 5.74) is 5.42. The lowest BCUT2D eigenvalue weighted by Gasteiger charge is -2.40. The van der Waals surface area contributed by atoms with Gasteiger partial charge in [-0.2, -0.15) is 0 Å². The molecule has 2 aromatic rings. The molecule has 2 atom stereocenters. The Hall–Kier alpha value is -1.72. The maximum atomic E-state index is 6.04. The maximum Gasteiger partial charge on any atom is 0.173 e. The van der Waals surface area contributed by atoms with E-state index >= 15 is 0 Å². The average Bonchev–Trinajstić information content (AvgIpc) is 2.83. The monoisotopic (exact) mass is 481 g/mol. The third kappa shape index (κ3) is 6.05. The van der Waals surface area contributed by atoms with E-state index in [0.717, 1.165) is 23.9 Å². The Morgan fingerprint density at radius 3 is 2.79 bits per heavy atom. The van der Waals surface area contributed by atoms with Crippen molar-refractivity contribution in [2.75, 3.05) is 29.6 Å². The molecule has 178 valence electrons. The fourth-order valence-electron chi connectivity index (χ4n) is 5.52. The van der Waals surface area contributed by atoms with E-state index in [1.165, 1.54) is 73.2 Å². The Labute approximate surface area is 210 Å². The van der Waals surface area contributed by atoms with Gasteiger partial charge in [-0.3, -0.25) is 0 Å². The molecule has 1 aliphatic carbocycles. The molecule has 1 N–H and O–H groups in total. The summed E-state index contributed by atoms with van der Waals surface area (Å²) < 4.78 is 0. The van der Waals surface area contributed by atoms with E-state index in [1.54, 1.807) is 11.8 Å². The molecule has 0 unspecified atom stereocenters. The molecular formula is C28H39N3S2. The lowest BCUT2D eigenvalue weighted by atomic mass is 9.84. The molecule has 0 aromatic heterocycles. The zero-order chi connectivity index (χ0) is 23.2. The van der Waals surface area contributed by atoms with Crippen molar-refractivity contribution in [3.8, 4) is 0 Å². The smallest absolute Gasteiger partial charge is 0.173 e. The van der Waals surface area contributed by atoms with Gasteiger partial charge in [0, 0.05) is 41.9 Å². The van der Waals surface area contributed by atoms with Gasteiger partial charge in [0.25, 0.3) is 0 Å². The summed E-state index contributed by atoms with van der Waals surface area (Å²) in [6.07, 6.45) is 10.9. The highest BCUT2D eigenvalue weighted by Gasteiger charge is 2.29. The number of nitrogens with zero attached hydrogens (tertiary/aromatic N) is 2. The Morgan fingerprint density at radius 2 is 2.00 bits per heavy atom. The Balaban J connectivity index is 1.56. The van der Waals surface area contributed by atoms with Crippen LogP contribution in [0.4, 0.5) is 11.4 Å². The molecule has 4 rings (SSSR count). The van der Waals surface area contributed by atoms with E-state index in [1.807, 2.05) is 0 Å². The van der Waals surface area contributed by atoms with E-state index in [0.29, 0.717) is 12.0 Å². The van der Waals surface area contributed by atoms with E-state index in [-0.39, 0.29) is 0 Å². The first kappa shape index (κ1) is 24.4. The first-order valence-electron chi connectivity index (χ1n) is 12.7. The summed E-state index contributed by atoms with van der Waals surface area (Å²) in [6.45, 7) is 7.90. The van der Waals surface area contributed by atoms with Crippen LogP contribution in [0.5, 0.6) is 0 Å². The maximum absolute atomic E-state index is 6.04. The van der Waals surface area contributed by atoms with E-state index < -0.39 is 0 Å². The van der Waals surface area contributed by atoms with Crippen molar-refractivity contribution < 1.29 is 0 Å². The van der Waals surface area contributed by atoms with Crippen molar-refractivity contribution in [3.05, 3.63) is 53.6 Å². The standard InChI is InChI=1S/C28H39N3S2/c1-4-16-30-17-8-10-23-18-22(14-15-27(23)30)20-31(26-13-6-5-9-21(26)2)28(32)29-24-11-7-12-25(19-24)33-3/h7,11-12,14-15,18-19,21,26H,4-6,8-10,13,16-17,20H2,1-3H3,(H,29,32)/t21-,26+/m0/s1. The van der Waals surface area contributed by atoms with Gasteiger partial charge in [-0.25, -0.2) is 0 Å². The van der Waals surface area contributed by atoms with Crippen LogP contribution in [0.15, 0.2) is 47.4 Å². The number of nitrogens with one attached hydrogen (secondary N) is 1. The lowest BCUT2D eigenvalue weighted by molar-refractivity contribution is 0.177. The number of thioether (sulfide) groups is 1.